The number of carbonyl (C=O) groups is 1. The summed E-state index contributed by atoms with van der Waals surface area (Å²) >= 11 is 0. The maximum atomic E-state index is 13.2. The van der Waals surface area contributed by atoms with Gasteiger partial charge in [-0.1, -0.05) is 24.3 Å². The van der Waals surface area contributed by atoms with Gasteiger partial charge in [0.25, 0.3) is 11.5 Å². The fourth-order valence-electron chi connectivity index (χ4n) is 3.50. The Hall–Kier alpha value is -3.95. The third-order valence-electron chi connectivity index (χ3n) is 5.02. The number of halogens is 3. The van der Waals surface area contributed by atoms with Gasteiger partial charge in [0.2, 0.25) is 0 Å². The van der Waals surface area contributed by atoms with Crippen molar-refractivity contribution in [3.05, 3.63) is 81.9 Å². The van der Waals surface area contributed by atoms with Crippen molar-refractivity contribution in [2.45, 2.75) is 33.0 Å². The summed E-state index contributed by atoms with van der Waals surface area (Å²) in [7, 11) is 0. The van der Waals surface area contributed by atoms with Gasteiger partial charge in [-0.25, -0.2) is 9.36 Å². The lowest BCUT2D eigenvalue weighted by atomic mass is 10.1. The van der Waals surface area contributed by atoms with E-state index in [2.05, 4.69) is 15.5 Å². The summed E-state index contributed by atoms with van der Waals surface area (Å²) in [6.07, 6.45) is -4.52. The van der Waals surface area contributed by atoms with Crippen LogP contribution < -0.4 is 10.9 Å². The molecule has 0 spiro atoms. The first-order valence-electron chi connectivity index (χ1n) is 10.1. The van der Waals surface area contributed by atoms with Gasteiger partial charge in [0, 0.05) is 11.5 Å². The predicted octanol–water partition coefficient (Wildman–Crippen LogP) is 4.74. The van der Waals surface area contributed by atoms with Gasteiger partial charge in [-0.3, -0.25) is 9.59 Å². The number of benzene rings is 2. The van der Waals surface area contributed by atoms with Gasteiger partial charge in [0.15, 0.2) is 5.69 Å². The van der Waals surface area contributed by atoms with E-state index >= 15 is 0 Å². The lowest BCUT2D eigenvalue weighted by Gasteiger charge is -2.14. The standard InChI is InChI=1S/C23H20F3N5O2/c1-13(2)30-22(33)18-10-5-4-9-17(18)20(29-30)21(32)27-19-11-14(3)28-31(19)16-8-6-7-15(12-16)23(24,25)26/h4-13H,1-3H3,(H,27,32). The van der Waals surface area contributed by atoms with Crippen molar-refractivity contribution < 1.29 is 18.0 Å². The van der Waals surface area contributed by atoms with Crippen molar-refractivity contribution in [1.29, 1.82) is 0 Å². The predicted molar refractivity (Wildman–Crippen MR) is 118 cm³/mol. The van der Waals surface area contributed by atoms with Crippen molar-refractivity contribution in [2.75, 3.05) is 5.32 Å². The van der Waals surface area contributed by atoms with Crippen LogP contribution in [0.3, 0.4) is 0 Å². The molecule has 1 N–H and O–H groups in total. The Morgan fingerprint density at radius 1 is 1.00 bits per heavy atom. The first-order chi connectivity index (χ1) is 15.6. The van der Waals surface area contributed by atoms with Crippen LogP contribution in [0.4, 0.5) is 19.0 Å². The molecule has 0 aliphatic heterocycles. The highest BCUT2D eigenvalue weighted by Crippen LogP contribution is 2.31. The number of hydrogen-bond acceptors (Lipinski definition) is 4. The van der Waals surface area contributed by atoms with E-state index in [-0.39, 0.29) is 28.8 Å². The Morgan fingerprint density at radius 2 is 1.70 bits per heavy atom. The number of rotatable bonds is 4. The lowest BCUT2D eigenvalue weighted by Crippen LogP contribution is -2.29. The second kappa shape index (κ2) is 8.19. The number of carbonyl (C=O) groups excluding carboxylic acids is 1. The maximum absolute atomic E-state index is 13.2. The van der Waals surface area contributed by atoms with Gasteiger partial charge >= 0.3 is 6.18 Å². The molecule has 0 radical (unpaired) electrons. The minimum Gasteiger partial charge on any atom is -0.305 e. The highest BCUT2D eigenvalue weighted by Gasteiger charge is 2.31. The van der Waals surface area contributed by atoms with Crippen LogP contribution in [-0.4, -0.2) is 25.5 Å². The maximum Gasteiger partial charge on any atom is 0.416 e. The molecule has 0 bridgehead atoms. The van der Waals surface area contributed by atoms with E-state index < -0.39 is 17.6 Å². The number of nitrogens with zero attached hydrogens (tertiary/aromatic N) is 4. The van der Waals surface area contributed by atoms with Crippen molar-refractivity contribution >= 4 is 22.5 Å². The van der Waals surface area contributed by atoms with Gasteiger partial charge in [0.1, 0.15) is 5.82 Å². The number of fused-ring (bicyclic) bond motifs is 1. The van der Waals surface area contributed by atoms with E-state index in [0.717, 1.165) is 12.1 Å². The molecule has 1 amide bonds. The third-order valence-corrected chi connectivity index (χ3v) is 5.02. The smallest absolute Gasteiger partial charge is 0.305 e. The molecular formula is C23H20F3N5O2. The largest absolute Gasteiger partial charge is 0.416 e. The minimum atomic E-state index is -4.52. The number of nitrogens with one attached hydrogen (secondary N) is 1. The molecule has 0 aliphatic rings. The number of aromatic nitrogens is 4. The summed E-state index contributed by atoms with van der Waals surface area (Å²) in [5.74, 6) is -0.446. The number of amides is 1. The van der Waals surface area contributed by atoms with E-state index in [1.165, 1.54) is 21.5 Å². The van der Waals surface area contributed by atoms with E-state index in [1.807, 2.05) is 0 Å². The van der Waals surface area contributed by atoms with Crippen LogP contribution in [0.5, 0.6) is 0 Å². The van der Waals surface area contributed by atoms with Gasteiger partial charge in [-0.15, -0.1) is 0 Å². The Morgan fingerprint density at radius 3 is 2.36 bits per heavy atom. The Balaban J connectivity index is 1.79. The molecular weight excluding hydrogens is 435 g/mol. The zero-order valence-electron chi connectivity index (χ0n) is 18.0. The Labute approximate surface area is 186 Å². The van der Waals surface area contributed by atoms with E-state index in [1.54, 1.807) is 51.1 Å². The molecule has 0 unspecified atom stereocenters. The molecule has 4 aromatic rings. The number of anilines is 1. The van der Waals surface area contributed by atoms with Crippen LogP contribution in [0.2, 0.25) is 0 Å². The second-order valence-corrected chi connectivity index (χ2v) is 7.82. The number of aryl methyl sites for hydroxylation is 1. The third kappa shape index (κ3) is 4.23. The minimum absolute atomic E-state index is 0.0216. The molecule has 2 aromatic heterocycles. The highest BCUT2D eigenvalue weighted by molar-refractivity contribution is 6.10. The van der Waals surface area contributed by atoms with Crippen LogP contribution in [-0.2, 0) is 6.18 Å². The monoisotopic (exact) mass is 455 g/mol. The summed E-state index contributed by atoms with van der Waals surface area (Å²) in [6.45, 7) is 5.21. The Kier molecular flexibility index (Phi) is 5.52. The van der Waals surface area contributed by atoms with Gasteiger partial charge in [-0.2, -0.15) is 23.4 Å². The summed E-state index contributed by atoms with van der Waals surface area (Å²) in [5, 5.41) is 11.9. The average molecular weight is 455 g/mol. The Bertz CT molecular complexity index is 1420. The lowest BCUT2D eigenvalue weighted by molar-refractivity contribution is -0.137. The normalized spacial score (nSPS) is 11.8. The summed E-state index contributed by atoms with van der Waals surface area (Å²) in [6, 6.07) is 12.5. The fraction of sp³-hybridized carbons (Fsp3) is 0.217. The first kappa shape index (κ1) is 22.3. The van der Waals surface area contributed by atoms with Crippen LogP contribution in [0, 0.1) is 6.92 Å². The molecule has 0 atom stereocenters. The number of hydrogen-bond donors (Lipinski definition) is 1. The van der Waals surface area contributed by atoms with Crippen molar-refractivity contribution in [3.63, 3.8) is 0 Å². The van der Waals surface area contributed by atoms with Crippen LogP contribution >= 0.6 is 0 Å². The number of alkyl halides is 3. The molecule has 0 fully saturated rings. The molecule has 0 saturated heterocycles. The van der Waals surface area contributed by atoms with Gasteiger partial charge < -0.3 is 5.32 Å². The zero-order chi connectivity index (χ0) is 23.9. The molecule has 0 saturated carbocycles. The fourth-order valence-corrected chi connectivity index (χ4v) is 3.50. The molecule has 4 rings (SSSR count). The van der Waals surface area contributed by atoms with E-state index in [4.69, 9.17) is 0 Å². The van der Waals surface area contributed by atoms with Crippen LogP contribution in [0.25, 0.3) is 16.5 Å². The van der Waals surface area contributed by atoms with E-state index in [0.29, 0.717) is 16.5 Å². The molecule has 33 heavy (non-hydrogen) atoms. The van der Waals surface area contributed by atoms with Crippen LogP contribution in [0.1, 0.15) is 41.6 Å². The molecule has 170 valence electrons. The molecule has 10 heteroatoms. The molecule has 0 aliphatic carbocycles. The first-order valence-corrected chi connectivity index (χ1v) is 10.1. The molecule has 2 heterocycles. The quantitative estimate of drug-likeness (QED) is 0.482. The highest BCUT2D eigenvalue weighted by atomic mass is 19.4. The van der Waals surface area contributed by atoms with Crippen molar-refractivity contribution in [1.82, 2.24) is 19.6 Å². The van der Waals surface area contributed by atoms with Crippen molar-refractivity contribution in [3.8, 4) is 5.69 Å². The molecule has 2 aromatic carbocycles. The van der Waals surface area contributed by atoms with Gasteiger partial charge in [0.05, 0.1) is 28.4 Å². The van der Waals surface area contributed by atoms with Gasteiger partial charge in [-0.05, 0) is 45.0 Å². The topological polar surface area (TPSA) is 81.8 Å². The van der Waals surface area contributed by atoms with E-state index in [9.17, 15) is 22.8 Å². The molecule has 7 nitrogen and oxygen atoms in total. The summed E-state index contributed by atoms with van der Waals surface area (Å²) < 4.78 is 42.0. The SMILES string of the molecule is Cc1cc(NC(=O)c2nn(C(C)C)c(=O)c3ccccc23)n(-c2cccc(C(F)(F)F)c2)n1. The van der Waals surface area contributed by atoms with Crippen LogP contribution in [0.15, 0.2) is 59.4 Å². The van der Waals surface area contributed by atoms with Crippen molar-refractivity contribution in [2.24, 2.45) is 0 Å². The summed E-state index contributed by atoms with van der Waals surface area (Å²) in [5.41, 5.74) is -0.497. The zero-order valence-corrected chi connectivity index (χ0v) is 18.0. The summed E-state index contributed by atoms with van der Waals surface area (Å²) in [4.78, 5) is 25.9. The average Bonchev–Trinajstić information content (AvgIpc) is 3.13. The second-order valence-electron chi connectivity index (χ2n) is 7.82.